The molecule has 0 spiro atoms. The normalized spacial score (nSPS) is 11.4. The van der Waals surface area contributed by atoms with E-state index in [2.05, 4.69) is 20.8 Å². The van der Waals surface area contributed by atoms with E-state index in [1.165, 1.54) is 0 Å². The van der Waals surface area contributed by atoms with Crippen molar-refractivity contribution in [1.29, 1.82) is 0 Å². The molecule has 0 aliphatic rings. The average molecular weight is 413 g/mol. The Labute approximate surface area is 175 Å². The van der Waals surface area contributed by atoms with Gasteiger partial charge in [-0.2, -0.15) is 0 Å². The van der Waals surface area contributed by atoms with Gasteiger partial charge >= 0.3 is 0 Å². The molecular formula is C21H25ClN6O. The van der Waals surface area contributed by atoms with Crippen molar-refractivity contribution in [2.45, 2.75) is 26.6 Å². The summed E-state index contributed by atoms with van der Waals surface area (Å²) in [6.45, 7) is 3.52. The Hall–Kier alpha value is -3.06. The monoisotopic (exact) mass is 412 g/mol. The van der Waals surface area contributed by atoms with E-state index in [4.69, 9.17) is 21.3 Å². The number of methoxy groups -OCH3 is 1. The first kappa shape index (κ1) is 20.7. The van der Waals surface area contributed by atoms with E-state index >= 15 is 0 Å². The van der Waals surface area contributed by atoms with Crippen molar-refractivity contribution >= 4 is 17.6 Å². The number of aryl methyl sites for hydroxylation is 1. The minimum atomic E-state index is 0.508. The number of aliphatic imine (C=N–C) groups is 1. The summed E-state index contributed by atoms with van der Waals surface area (Å²) in [4.78, 5) is 4.70. The van der Waals surface area contributed by atoms with E-state index in [0.29, 0.717) is 25.6 Å². The van der Waals surface area contributed by atoms with Crippen molar-refractivity contribution in [3.8, 4) is 5.75 Å². The Morgan fingerprint density at radius 1 is 1.07 bits per heavy atom. The molecule has 0 aliphatic carbocycles. The van der Waals surface area contributed by atoms with Gasteiger partial charge in [0.1, 0.15) is 11.6 Å². The van der Waals surface area contributed by atoms with Gasteiger partial charge in [-0.05, 0) is 36.2 Å². The molecule has 2 N–H and O–H groups in total. The third kappa shape index (κ3) is 5.71. The Kier molecular flexibility index (Phi) is 7.08. The predicted octanol–water partition coefficient (Wildman–Crippen LogP) is 3.22. The quantitative estimate of drug-likeness (QED) is 0.460. The topological polar surface area (TPSA) is 76.4 Å². The number of ether oxygens (including phenoxy) is 1. The van der Waals surface area contributed by atoms with Gasteiger partial charge in [0.05, 0.1) is 20.2 Å². The molecule has 2 aromatic carbocycles. The molecule has 3 rings (SSSR count). The first-order chi connectivity index (χ1) is 14.1. The highest BCUT2D eigenvalue weighted by molar-refractivity contribution is 6.31. The molecular weight excluding hydrogens is 388 g/mol. The van der Waals surface area contributed by atoms with Crippen LogP contribution in [0.4, 0.5) is 0 Å². The van der Waals surface area contributed by atoms with E-state index < -0.39 is 0 Å². The maximum absolute atomic E-state index is 6.27. The molecule has 8 heteroatoms. The number of hydrogen-bond donors (Lipinski definition) is 2. The minimum Gasteiger partial charge on any atom is -0.497 e. The van der Waals surface area contributed by atoms with Crippen molar-refractivity contribution in [3.05, 3.63) is 76.3 Å². The smallest absolute Gasteiger partial charge is 0.192 e. The van der Waals surface area contributed by atoms with E-state index in [1.807, 2.05) is 67.1 Å². The van der Waals surface area contributed by atoms with Gasteiger partial charge in [0, 0.05) is 18.6 Å². The van der Waals surface area contributed by atoms with Gasteiger partial charge in [0.25, 0.3) is 0 Å². The van der Waals surface area contributed by atoms with E-state index in [0.717, 1.165) is 33.5 Å². The summed E-state index contributed by atoms with van der Waals surface area (Å²) in [7, 11) is 3.60. The lowest BCUT2D eigenvalue weighted by molar-refractivity contribution is 0.414. The zero-order chi connectivity index (χ0) is 20.6. The summed E-state index contributed by atoms with van der Waals surface area (Å²) in [5, 5.41) is 15.7. The highest BCUT2D eigenvalue weighted by atomic mass is 35.5. The van der Waals surface area contributed by atoms with Gasteiger partial charge in [-0.25, -0.2) is 4.99 Å². The zero-order valence-corrected chi connectivity index (χ0v) is 17.6. The fraction of sp³-hybridized carbons (Fsp3) is 0.286. The number of rotatable bonds is 7. The number of hydrogen-bond acceptors (Lipinski definition) is 4. The standard InChI is InChI=1S/C21H25ClN6O/c1-15-26-27-20(28(15)2)14-25-21(24-13-17-6-4-5-7-19(17)22)23-12-16-8-10-18(29-3)11-9-16/h4-11H,12-14H2,1-3H3,(H2,23,24,25). The van der Waals surface area contributed by atoms with Crippen LogP contribution in [0.2, 0.25) is 5.02 Å². The van der Waals surface area contributed by atoms with Crippen LogP contribution in [-0.2, 0) is 26.7 Å². The van der Waals surface area contributed by atoms with Crippen LogP contribution in [0.15, 0.2) is 53.5 Å². The summed E-state index contributed by atoms with van der Waals surface area (Å²) >= 11 is 6.27. The third-order valence-corrected chi connectivity index (χ3v) is 4.95. The first-order valence-corrected chi connectivity index (χ1v) is 9.68. The summed E-state index contributed by atoms with van der Waals surface area (Å²) in [6.07, 6.45) is 0. The number of aromatic nitrogens is 3. The maximum Gasteiger partial charge on any atom is 0.192 e. The second-order valence-corrected chi connectivity index (χ2v) is 6.94. The molecule has 1 heterocycles. The molecule has 0 unspecified atom stereocenters. The van der Waals surface area contributed by atoms with Crippen LogP contribution in [0, 0.1) is 6.92 Å². The van der Waals surface area contributed by atoms with Gasteiger partial charge in [0.2, 0.25) is 0 Å². The average Bonchev–Trinajstić information content (AvgIpc) is 3.06. The lowest BCUT2D eigenvalue weighted by Crippen LogP contribution is -2.37. The van der Waals surface area contributed by atoms with Gasteiger partial charge in [-0.15, -0.1) is 10.2 Å². The Morgan fingerprint density at radius 3 is 2.45 bits per heavy atom. The van der Waals surface area contributed by atoms with Crippen LogP contribution in [0.1, 0.15) is 22.8 Å². The van der Waals surface area contributed by atoms with E-state index in [1.54, 1.807) is 7.11 Å². The fourth-order valence-corrected chi connectivity index (χ4v) is 2.87. The van der Waals surface area contributed by atoms with Crippen molar-refractivity contribution < 1.29 is 4.74 Å². The van der Waals surface area contributed by atoms with Crippen LogP contribution in [0.5, 0.6) is 5.75 Å². The predicted molar refractivity (Wildman–Crippen MR) is 115 cm³/mol. The first-order valence-electron chi connectivity index (χ1n) is 9.30. The fourth-order valence-electron chi connectivity index (χ4n) is 2.66. The summed E-state index contributed by atoms with van der Waals surface area (Å²) in [5.74, 6) is 3.19. The molecule has 3 aromatic rings. The Bertz CT molecular complexity index is 968. The SMILES string of the molecule is COc1ccc(CN=C(NCc2ccccc2Cl)NCc2nnc(C)n2C)cc1. The molecule has 0 saturated heterocycles. The Morgan fingerprint density at radius 2 is 1.79 bits per heavy atom. The summed E-state index contributed by atoms with van der Waals surface area (Å²) in [6, 6.07) is 15.6. The van der Waals surface area contributed by atoms with E-state index in [9.17, 15) is 0 Å². The number of halogens is 1. The number of guanidine groups is 1. The van der Waals surface area contributed by atoms with Gasteiger partial charge in [-0.1, -0.05) is 41.9 Å². The minimum absolute atomic E-state index is 0.508. The molecule has 0 bridgehead atoms. The molecule has 0 atom stereocenters. The highest BCUT2D eigenvalue weighted by Crippen LogP contribution is 2.14. The zero-order valence-electron chi connectivity index (χ0n) is 16.8. The van der Waals surface area contributed by atoms with Gasteiger partial charge < -0.3 is 19.9 Å². The number of benzene rings is 2. The largest absolute Gasteiger partial charge is 0.497 e. The number of nitrogens with zero attached hydrogens (tertiary/aromatic N) is 4. The molecule has 152 valence electrons. The second-order valence-electron chi connectivity index (χ2n) is 6.53. The molecule has 29 heavy (non-hydrogen) atoms. The van der Waals surface area contributed by atoms with Crippen LogP contribution in [0.3, 0.4) is 0 Å². The number of nitrogens with one attached hydrogen (secondary N) is 2. The van der Waals surface area contributed by atoms with Crippen LogP contribution in [-0.4, -0.2) is 27.8 Å². The van der Waals surface area contributed by atoms with E-state index in [-0.39, 0.29) is 0 Å². The van der Waals surface area contributed by atoms with Crippen molar-refractivity contribution in [2.24, 2.45) is 12.0 Å². The van der Waals surface area contributed by atoms with Gasteiger partial charge in [0.15, 0.2) is 11.8 Å². The van der Waals surface area contributed by atoms with Crippen molar-refractivity contribution in [3.63, 3.8) is 0 Å². The van der Waals surface area contributed by atoms with Crippen LogP contribution >= 0.6 is 11.6 Å². The Balaban J connectivity index is 1.70. The lowest BCUT2D eigenvalue weighted by atomic mass is 10.2. The lowest BCUT2D eigenvalue weighted by Gasteiger charge is -2.13. The van der Waals surface area contributed by atoms with Crippen LogP contribution < -0.4 is 15.4 Å². The van der Waals surface area contributed by atoms with Gasteiger partial charge in [-0.3, -0.25) is 0 Å². The third-order valence-electron chi connectivity index (χ3n) is 4.58. The molecule has 0 amide bonds. The highest BCUT2D eigenvalue weighted by Gasteiger charge is 2.07. The maximum atomic E-state index is 6.27. The second kappa shape index (κ2) is 9.93. The molecule has 7 nitrogen and oxygen atoms in total. The summed E-state index contributed by atoms with van der Waals surface area (Å²) in [5.41, 5.74) is 2.08. The molecule has 1 aromatic heterocycles. The van der Waals surface area contributed by atoms with Crippen molar-refractivity contribution in [2.75, 3.05) is 7.11 Å². The molecule has 0 radical (unpaired) electrons. The molecule has 0 saturated carbocycles. The molecule has 0 aliphatic heterocycles. The van der Waals surface area contributed by atoms with Crippen molar-refractivity contribution in [1.82, 2.24) is 25.4 Å². The molecule has 0 fully saturated rings. The van der Waals surface area contributed by atoms with Crippen LogP contribution in [0.25, 0.3) is 0 Å². The summed E-state index contributed by atoms with van der Waals surface area (Å²) < 4.78 is 7.15.